The predicted octanol–water partition coefficient (Wildman–Crippen LogP) is 2.73. The zero-order chi connectivity index (χ0) is 9.97. The van der Waals surface area contributed by atoms with E-state index in [4.69, 9.17) is 0 Å². The molecular weight excluding hydrogens is 199 g/mol. The van der Waals surface area contributed by atoms with Crippen LogP contribution in [0, 0.1) is 11.7 Å². The molecule has 3 heteroatoms. The van der Waals surface area contributed by atoms with E-state index in [0.29, 0.717) is 0 Å². The van der Waals surface area contributed by atoms with E-state index in [9.17, 15) is 8.60 Å². The Morgan fingerprint density at radius 1 is 1.29 bits per heavy atom. The summed E-state index contributed by atoms with van der Waals surface area (Å²) in [4.78, 5) is 0.743. The molecule has 0 aliphatic heterocycles. The van der Waals surface area contributed by atoms with Crippen molar-refractivity contribution in [3.05, 3.63) is 30.1 Å². The smallest absolute Gasteiger partial charge is 0.123 e. The lowest BCUT2D eigenvalue weighted by atomic mass is 10.3. The Morgan fingerprint density at radius 2 is 1.93 bits per heavy atom. The van der Waals surface area contributed by atoms with Crippen LogP contribution in [0.3, 0.4) is 0 Å². The molecular formula is C11H13FOS. The zero-order valence-electron chi connectivity index (χ0n) is 7.91. The fourth-order valence-electron chi connectivity index (χ4n) is 1.38. The first-order chi connectivity index (χ1) is 6.75. The minimum atomic E-state index is -0.939. The van der Waals surface area contributed by atoms with Crippen molar-refractivity contribution in [2.45, 2.75) is 24.2 Å². The third kappa shape index (κ3) is 2.64. The Morgan fingerprint density at radius 3 is 2.50 bits per heavy atom. The SMILES string of the molecule is O=S(CCC1CC1)c1ccc(F)cc1. The normalized spacial score (nSPS) is 18.1. The van der Waals surface area contributed by atoms with Gasteiger partial charge in [-0.05, 0) is 36.6 Å². The van der Waals surface area contributed by atoms with E-state index in [-0.39, 0.29) is 5.82 Å². The second kappa shape index (κ2) is 4.22. The summed E-state index contributed by atoms with van der Waals surface area (Å²) in [5.74, 6) is 1.25. The topological polar surface area (TPSA) is 17.1 Å². The maximum absolute atomic E-state index is 12.6. The van der Waals surface area contributed by atoms with Crippen molar-refractivity contribution in [2.75, 3.05) is 5.75 Å². The van der Waals surface area contributed by atoms with Crippen molar-refractivity contribution < 1.29 is 8.60 Å². The highest BCUT2D eigenvalue weighted by molar-refractivity contribution is 7.85. The van der Waals surface area contributed by atoms with Crippen LogP contribution in [0.2, 0.25) is 0 Å². The van der Waals surface area contributed by atoms with Gasteiger partial charge in [-0.3, -0.25) is 4.21 Å². The molecule has 1 fully saturated rings. The maximum Gasteiger partial charge on any atom is 0.123 e. The van der Waals surface area contributed by atoms with Crippen molar-refractivity contribution >= 4 is 10.8 Å². The highest BCUT2D eigenvalue weighted by Crippen LogP contribution is 2.32. The molecule has 1 unspecified atom stereocenters. The van der Waals surface area contributed by atoms with Crippen molar-refractivity contribution in [2.24, 2.45) is 5.92 Å². The molecule has 0 saturated heterocycles. The lowest BCUT2D eigenvalue weighted by Gasteiger charge is -2.00. The Labute approximate surface area is 85.8 Å². The number of benzene rings is 1. The van der Waals surface area contributed by atoms with E-state index >= 15 is 0 Å². The van der Waals surface area contributed by atoms with Crippen LogP contribution < -0.4 is 0 Å². The van der Waals surface area contributed by atoms with Gasteiger partial charge >= 0.3 is 0 Å². The molecule has 1 aliphatic rings. The van der Waals surface area contributed by atoms with Crippen LogP contribution in [0.15, 0.2) is 29.2 Å². The summed E-state index contributed by atoms with van der Waals surface area (Å²) >= 11 is 0. The second-order valence-electron chi connectivity index (χ2n) is 3.74. The van der Waals surface area contributed by atoms with Crippen LogP contribution in [-0.4, -0.2) is 9.96 Å². The molecule has 1 atom stereocenters. The van der Waals surface area contributed by atoms with Crippen LogP contribution in [-0.2, 0) is 10.8 Å². The van der Waals surface area contributed by atoms with Gasteiger partial charge in [-0.25, -0.2) is 4.39 Å². The summed E-state index contributed by atoms with van der Waals surface area (Å²) in [6, 6.07) is 5.95. The Balaban J connectivity index is 1.92. The maximum atomic E-state index is 12.6. The summed E-state index contributed by atoms with van der Waals surface area (Å²) in [6.07, 6.45) is 3.63. The molecule has 76 valence electrons. The number of rotatable bonds is 4. The minimum absolute atomic E-state index is 0.270. The van der Waals surface area contributed by atoms with Crippen LogP contribution in [0.1, 0.15) is 19.3 Å². The van der Waals surface area contributed by atoms with Gasteiger partial charge in [-0.2, -0.15) is 0 Å². The van der Waals surface area contributed by atoms with Gasteiger partial charge in [-0.1, -0.05) is 12.8 Å². The average Bonchev–Trinajstić information content (AvgIpc) is 2.99. The van der Waals surface area contributed by atoms with Crippen LogP contribution in [0.25, 0.3) is 0 Å². The molecule has 0 spiro atoms. The molecule has 14 heavy (non-hydrogen) atoms. The van der Waals surface area contributed by atoms with E-state index in [1.165, 1.54) is 25.0 Å². The molecule has 0 bridgehead atoms. The molecule has 1 saturated carbocycles. The van der Waals surface area contributed by atoms with Crippen molar-refractivity contribution in [1.29, 1.82) is 0 Å². The third-order valence-corrected chi connectivity index (χ3v) is 3.89. The Kier molecular flexibility index (Phi) is 2.96. The zero-order valence-corrected chi connectivity index (χ0v) is 8.73. The fourth-order valence-corrected chi connectivity index (χ4v) is 2.61. The summed E-state index contributed by atoms with van der Waals surface area (Å²) in [7, 11) is -0.939. The van der Waals surface area contributed by atoms with E-state index in [1.807, 2.05) is 0 Å². The molecule has 0 aromatic heterocycles. The van der Waals surface area contributed by atoms with Gasteiger partial charge in [0, 0.05) is 10.6 Å². The summed E-state index contributed by atoms with van der Waals surface area (Å²) in [5.41, 5.74) is 0. The van der Waals surface area contributed by atoms with Gasteiger partial charge in [0.1, 0.15) is 5.82 Å². The van der Waals surface area contributed by atoms with Gasteiger partial charge in [0.15, 0.2) is 0 Å². The van der Waals surface area contributed by atoms with E-state index in [1.54, 1.807) is 12.1 Å². The van der Waals surface area contributed by atoms with Crippen LogP contribution in [0.5, 0.6) is 0 Å². The molecule has 0 heterocycles. The molecule has 0 N–H and O–H groups in total. The highest BCUT2D eigenvalue weighted by atomic mass is 32.2. The first kappa shape index (κ1) is 9.84. The van der Waals surface area contributed by atoms with Gasteiger partial charge in [0.2, 0.25) is 0 Å². The summed E-state index contributed by atoms with van der Waals surface area (Å²) in [6.45, 7) is 0. The predicted molar refractivity (Wildman–Crippen MR) is 55.0 cm³/mol. The number of halogens is 1. The highest BCUT2D eigenvalue weighted by Gasteiger charge is 2.21. The van der Waals surface area contributed by atoms with Crippen LogP contribution >= 0.6 is 0 Å². The quantitative estimate of drug-likeness (QED) is 0.750. The summed E-state index contributed by atoms with van der Waals surface area (Å²) in [5, 5.41) is 0. The lowest BCUT2D eigenvalue weighted by molar-refractivity contribution is 0.626. The average molecular weight is 212 g/mol. The van der Waals surface area contributed by atoms with Crippen LogP contribution in [0.4, 0.5) is 4.39 Å². The van der Waals surface area contributed by atoms with Crippen molar-refractivity contribution in [3.8, 4) is 0 Å². The largest absolute Gasteiger partial charge is 0.254 e. The molecule has 1 aliphatic carbocycles. The molecule has 1 aromatic rings. The van der Waals surface area contributed by atoms with E-state index in [2.05, 4.69) is 0 Å². The van der Waals surface area contributed by atoms with Crippen molar-refractivity contribution in [1.82, 2.24) is 0 Å². The van der Waals surface area contributed by atoms with E-state index in [0.717, 1.165) is 23.0 Å². The Bertz CT molecular complexity index is 330. The third-order valence-electron chi connectivity index (χ3n) is 2.48. The van der Waals surface area contributed by atoms with Crippen molar-refractivity contribution in [3.63, 3.8) is 0 Å². The first-order valence-electron chi connectivity index (χ1n) is 4.89. The van der Waals surface area contributed by atoms with Gasteiger partial charge in [0.25, 0.3) is 0 Å². The Hall–Kier alpha value is -0.700. The molecule has 0 radical (unpaired) electrons. The minimum Gasteiger partial charge on any atom is -0.254 e. The number of hydrogen-bond donors (Lipinski definition) is 0. The molecule has 1 nitrogen and oxygen atoms in total. The first-order valence-corrected chi connectivity index (χ1v) is 6.21. The molecule has 0 amide bonds. The number of hydrogen-bond acceptors (Lipinski definition) is 1. The molecule has 1 aromatic carbocycles. The van der Waals surface area contributed by atoms with Gasteiger partial charge < -0.3 is 0 Å². The lowest BCUT2D eigenvalue weighted by Crippen LogP contribution is -1.98. The standard InChI is InChI=1S/C11H13FOS/c12-10-3-5-11(6-4-10)14(13)8-7-9-1-2-9/h3-6,9H,1-2,7-8H2. The molecule has 2 rings (SSSR count). The fraction of sp³-hybridized carbons (Fsp3) is 0.455. The van der Waals surface area contributed by atoms with E-state index < -0.39 is 10.8 Å². The second-order valence-corrected chi connectivity index (χ2v) is 5.31. The summed E-state index contributed by atoms with van der Waals surface area (Å²) < 4.78 is 24.3. The monoisotopic (exact) mass is 212 g/mol. The van der Waals surface area contributed by atoms with Gasteiger partial charge in [-0.15, -0.1) is 0 Å². The van der Waals surface area contributed by atoms with Gasteiger partial charge in [0.05, 0.1) is 10.8 Å².